The van der Waals surface area contributed by atoms with Crippen molar-refractivity contribution < 1.29 is 12.8 Å². The molecule has 1 aromatic carbocycles. The van der Waals surface area contributed by atoms with Gasteiger partial charge in [-0.2, -0.15) is 4.98 Å². The molecule has 126 valence electrons. The van der Waals surface area contributed by atoms with Crippen molar-refractivity contribution in [2.45, 2.75) is 34.8 Å². The Morgan fingerprint density at radius 2 is 1.96 bits per heavy atom. The first-order valence-electron chi connectivity index (χ1n) is 7.60. The van der Waals surface area contributed by atoms with Crippen LogP contribution in [0.4, 0.5) is 0 Å². The van der Waals surface area contributed by atoms with Crippen LogP contribution in [-0.4, -0.2) is 19.2 Å². The predicted molar refractivity (Wildman–Crippen MR) is 97.3 cm³/mol. The van der Waals surface area contributed by atoms with Gasteiger partial charge >= 0.3 is 0 Å². The molecule has 0 unspecified atom stereocenters. The fourth-order valence-corrected chi connectivity index (χ4v) is 5.36. The molecule has 3 rings (SSSR count). The van der Waals surface area contributed by atoms with Crippen molar-refractivity contribution in [2.24, 2.45) is 0 Å². The number of hydrogen-bond acceptors (Lipinski definition) is 6. The van der Waals surface area contributed by atoms with Crippen molar-refractivity contribution >= 4 is 32.9 Å². The Balaban J connectivity index is 2.04. The molecular weight excluding hydrogens is 362 g/mol. The summed E-state index contributed by atoms with van der Waals surface area (Å²) < 4.78 is 31.7. The molecule has 0 aliphatic heterocycles. The highest BCUT2D eigenvalue weighted by Crippen LogP contribution is 2.36. The van der Waals surface area contributed by atoms with Gasteiger partial charge in [0, 0.05) is 5.75 Å². The van der Waals surface area contributed by atoms with E-state index in [2.05, 4.69) is 11.9 Å². The highest BCUT2D eigenvalue weighted by molar-refractivity contribution is 8.00. The molecule has 0 fully saturated rings. The third kappa shape index (κ3) is 3.58. The third-order valence-electron chi connectivity index (χ3n) is 3.34. The number of thioether (sulfide) groups is 1. The predicted octanol–water partition coefficient (Wildman–Crippen LogP) is 5.13. The minimum Gasteiger partial charge on any atom is -0.428 e. The molecular formula is C17H17NO3S3. The van der Waals surface area contributed by atoms with Crippen molar-refractivity contribution in [1.82, 2.24) is 4.98 Å². The van der Waals surface area contributed by atoms with Gasteiger partial charge in [0.05, 0.1) is 9.77 Å². The lowest BCUT2D eigenvalue weighted by Gasteiger charge is -2.02. The van der Waals surface area contributed by atoms with Crippen LogP contribution in [0.2, 0.25) is 0 Å². The Morgan fingerprint density at radius 3 is 2.62 bits per heavy atom. The molecule has 2 heterocycles. The summed E-state index contributed by atoms with van der Waals surface area (Å²) in [6.07, 6.45) is 2.03. The molecule has 0 atom stereocenters. The zero-order valence-corrected chi connectivity index (χ0v) is 15.6. The van der Waals surface area contributed by atoms with Crippen molar-refractivity contribution in [3.63, 3.8) is 0 Å². The molecule has 4 nitrogen and oxygen atoms in total. The topological polar surface area (TPSA) is 60.2 Å². The number of rotatable bonds is 7. The molecule has 0 N–H and O–H groups in total. The quantitative estimate of drug-likeness (QED) is 0.421. The summed E-state index contributed by atoms with van der Waals surface area (Å²) in [7, 11) is -3.70. The molecule has 0 saturated carbocycles. The van der Waals surface area contributed by atoms with Gasteiger partial charge in [0.2, 0.25) is 25.8 Å². The van der Waals surface area contributed by atoms with Gasteiger partial charge in [0.25, 0.3) is 0 Å². The zero-order valence-electron chi connectivity index (χ0n) is 13.1. The summed E-state index contributed by atoms with van der Waals surface area (Å²) in [6.45, 7) is 2.10. The lowest BCUT2D eigenvalue weighted by atomic mass is 10.4. The number of sulfone groups is 1. The van der Waals surface area contributed by atoms with E-state index in [1.165, 1.54) is 23.1 Å². The summed E-state index contributed by atoms with van der Waals surface area (Å²) in [5.41, 5.74) is 0. The lowest BCUT2D eigenvalue weighted by Crippen LogP contribution is -2.03. The highest BCUT2D eigenvalue weighted by Gasteiger charge is 2.28. The van der Waals surface area contributed by atoms with Gasteiger partial charge in [-0.15, -0.1) is 11.3 Å². The minimum atomic E-state index is -3.70. The number of thiophene rings is 1. The molecule has 0 spiro atoms. The molecule has 0 saturated heterocycles. The van der Waals surface area contributed by atoms with Gasteiger partial charge in [-0.1, -0.05) is 49.4 Å². The van der Waals surface area contributed by atoms with Gasteiger partial charge in [0.15, 0.2) is 0 Å². The van der Waals surface area contributed by atoms with Crippen LogP contribution in [-0.2, 0) is 9.84 Å². The van der Waals surface area contributed by atoms with Crippen LogP contribution >= 0.6 is 23.1 Å². The van der Waals surface area contributed by atoms with Crippen LogP contribution in [0.1, 0.15) is 19.8 Å². The smallest absolute Gasteiger partial charge is 0.238 e. The molecule has 0 aliphatic carbocycles. The maximum atomic E-state index is 12.9. The molecule has 0 radical (unpaired) electrons. The van der Waals surface area contributed by atoms with E-state index in [4.69, 9.17) is 4.42 Å². The SMILES string of the molecule is CCCCSc1oc(-c2cccs2)nc1S(=O)(=O)c1ccccc1. The van der Waals surface area contributed by atoms with Crippen molar-refractivity contribution in [2.75, 3.05) is 5.75 Å². The normalized spacial score (nSPS) is 11.7. The van der Waals surface area contributed by atoms with E-state index < -0.39 is 9.84 Å². The van der Waals surface area contributed by atoms with E-state index in [9.17, 15) is 8.42 Å². The summed E-state index contributed by atoms with van der Waals surface area (Å²) in [5.74, 6) is 1.16. The number of aromatic nitrogens is 1. The molecule has 7 heteroatoms. The Labute approximate surface area is 149 Å². The van der Waals surface area contributed by atoms with E-state index in [0.717, 1.165) is 23.5 Å². The van der Waals surface area contributed by atoms with Gasteiger partial charge in [-0.25, -0.2) is 8.42 Å². The minimum absolute atomic E-state index is 0.0122. The van der Waals surface area contributed by atoms with E-state index in [1.807, 2.05) is 17.5 Å². The largest absolute Gasteiger partial charge is 0.428 e. The Hall–Kier alpha value is -1.57. The van der Waals surface area contributed by atoms with Crippen LogP contribution in [0, 0.1) is 0 Å². The van der Waals surface area contributed by atoms with E-state index in [-0.39, 0.29) is 9.92 Å². The van der Waals surface area contributed by atoms with Gasteiger partial charge in [-0.3, -0.25) is 0 Å². The highest BCUT2D eigenvalue weighted by atomic mass is 32.2. The number of oxazole rings is 1. The molecule has 0 bridgehead atoms. The van der Waals surface area contributed by atoms with E-state index >= 15 is 0 Å². The van der Waals surface area contributed by atoms with E-state index in [0.29, 0.717) is 11.0 Å². The summed E-state index contributed by atoms with van der Waals surface area (Å²) in [6, 6.07) is 12.1. The van der Waals surface area contributed by atoms with Gasteiger partial charge in [0.1, 0.15) is 0 Å². The van der Waals surface area contributed by atoms with Gasteiger partial charge < -0.3 is 4.42 Å². The number of nitrogens with zero attached hydrogens (tertiary/aromatic N) is 1. The van der Waals surface area contributed by atoms with Crippen molar-refractivity contribution in [3.8, 4) is 10.8 Å². The first kappa shape index (κ1) is 17.3. The fourth-order valence-electron chi connectivity index (χ4n) is 2.08. The van der Waals surface area contributed by atoms with Crippen LogP contribution in [0.15, 0.2) is 67.3 Å². The second kappa shape index (κ2) is 7.55. The standard InChI is InChI=1S/C17H17NO3S3/c1-2-3-11-23-17-16(18-15(21-17)14-10-7-12-22-14)24(19,20)13-8-5-4-6-9-13/h4-10,12H,2-3,11H2,1H3. The number of benzene rings is 1. The maximum absolute atomic E-state index is 12.9. The molecule has 0 aliphatic rings. The monoisotopic (exact) mass is 379 g/mol. The van der Waals surface area contributed by atoms with Gasteiger partial charge in [-0.05, 0) is 30.0 Å². The van der Waals surface area contributed by atoms with E-state index in [1.54, 1.807) is 30.3 Å². The number of unbranched alkanes of at least 4 members (excludes halogenated alkanes) is 1. The average molecular weight is 380 g/mol. The first-order valence-corrected chi connectivity index (χ1v) is 11.0. The van der Waals surface area contributed by atoms with Crippen molar-refractivity contribution in [1.29, 1.82) is 0 Å². The summed E-state index contributed by atoms with van der Waals surface area (Å²) >= 11 is 2.88. The Kier molecular flexibility index (Phi) is 5.43. The van der Waals surface area contributed by atoms with Crippen LogP contribution in [0.25, 0.3) is 10.8 Å². The summed E-state index contributed by atoms with van der Waals surface area (Å²) in [4.78, 5) is 5.37. The van der Waals surface area contributed by atoms with Crippen molar-refractivity contribution in [3.05, 3.63) is 47.8 Å². The molecule has 2 aromatic heterocycles. The average Bonchev–Trinajstić information content (AvgIpc) is 3.25. The summed E-state index contributed by atoms with van der Waals surface area (Å²) in [5, 5.41) is 2.29. The lowest BCUT2D eigenvalue weighted by molar-refractivity contribution is 0.471. The maximum Gasteiger partial charge on any atom is 0.238 e. The third-order valence-corrected chi connectivity index (χ3v) is 7.04. The second-order valence-electron chi connectivity index (χ2n) is 5.11. The fraction of sp³-hybridized carbons (Fsp3) is 0.235. The molecule has 0 amide bonds. The molecule has 3 aromatic rings. The van der Waals surface area contributed by atoms with Crippen LogP contribution in [0.3, 0.4) is 0 Å². The van der Waals surface area contributed by atoms with Crippen LogP contribution in [0.5, 0.6) is 0 Å². The molecule has 24 heavy (non-hydrogen) atoms. The number of hydrogen-bond donors (Lipinski definition) is 0. The zero-order chi connectivity index (χ0) is 17.0. The second-order valence-corrected chi connectivity index (χ2v) is 8.99. The van der Waals surface area contributed by atoms with Crippen LogP contribution < -0.4 is 0 Å². The Bertz CT molecular complexity index is 885. The first-order chi connectivity index (χ1) is 11.6. The Morgan fingerprint density at radius 1 is 1.17 bits per heavy atom.